The predicted octanol–water partition coefficient (Wildman–Crippen LogP) is 2.35. The Kier molecular flexibility index (Phi) is 4.70. The third-order valence-electron chi connectivity index (χ3n) is 1.98. The number of anilines is 1. The largest absolute Gasteiger partial charge is 0.450 e. The number of para-hydroxylation sites is 1. The first kappa shape index (κ1) is 12.7. The van der Waals surface area contributed by atoms with Gasteiger partial charge in [-0.3, -0.25) is 10.1 Å². The second kappa shape index (κ2) is 6.28. The van der Waals surface area contributed by atoms with E-state index in [9.17, 15) is 9.59 Å². The Morgan fingerprint density at radius 1 is 1.41 bits per heavy atom. The van der Waals surface area contributed by atoms with Crippen LogP contribution in [0.3, 0.4) is 0 Å². The summed E-state index contributed by atoms with van der Waals surface area (Å²) in [4.78, 5) is 22.8. The molecule has 1 aromatic rings. The average molecular weight is 232 g/mol. The molecular weight excluding hydrogens is 220 g/mol. The number of Topliss-reactive ketones (excluding diaryl/α,β-unsaturated/α-hetero) is 1. The minimum absolute atomic E-state index is 0.221. The van der Waals surface area contributed by atoms with Crippen LogP contribution < -0.4 is 5.32 Å². The molecule has 0 fully saturated rings. The fourth-order valence-corrected chi connectivity index (χ4v) is 1.28. The summed E-state index contributed by atoms with van der Waals surface area (Å²) in [5, 5.41) is 10.9. The molecule has 0 aliphatic carbocycles. The van der Waals surface area contributed by atoms with Crippen molar-refractivity contribution in [3.8, 4) is 6.07 Å². The van der Waals surface area contributed by atoms with Gasteiger partial charge in [0.05, 0.1) is 24.8 Å². The molecule has 0 bridgehead atoms. The van der Waals surface area contributed by atoms with Crippen molar-refractivity contribution in [1.82, 2.24) is 0 Å². The molecule has 0 unspecified atom stereocenters. The van der Waals surface area contributed by atoms with E-state index < -0.39 is 6.09 Å². The normalized spacial score (nSPS) is 9.18. The lowest BCUT2D eigenvalue weighted by Gasteiger charge is -2.08. The lowest BCUT2D eigenvalue weighted by molar-refractivity contribution is 0.0998. The van der Waals surface area contributed by atoms with Crippen molar-refractivity contribution in [1.29, 1.82) is 5.26 Å². The Hall–Kier alpha value is -2.35. The molecule has 0 atom stereocenters. The van der Waals surface area contributed by atoms with E-state index >= 15 is 0 Å². The summed E-state index contributed by atoms with van der Waals surface area (Å²) in [5.41, 5.74) is 0.660. The van der Waals surface area contributed by atoms with Crippen LogP contribution in [0.2, 0.25) is 0 Å². The fraction of sp³-hybridized carbons (Fsp3) is 0.250. The topological polar surface area (TPSA) is 79.2 Å². The summed E-state index contributed by atoms with van der Waals surface area (Å²) < 4.78 is 4.71. The fourth-order valence-electron chi connectivity index (χ4n) is 1.28. The number of amides is 1. The Morgan fingerprint density at radius 3 is 2.76 bits per heavy atom. The molecule has 0 aliphatic heterocycles. The maximum Gasteiger partial charge on any atom is 0.411 e. The molecule has 88 valence electrons. The van der Waals surface area contributed by atoms with E-state index in [-0.39, 0.29) is 18.8 Å². The van der Waals surface area contributed by atoms with Crippen LogP contribution in [0, 0.1) is 11.3 Å². The second-order valence-electron chi connectivity index (χ2n) is 3.15. The Bertz CT molecular complexity index is 463. The molecule has 0 spiro atoms. The van der Waals surface area contributed by atoms with Gasteiger partial charge in [-0.2, -0.15) is 5.26 Å². The van der Waals surface area contributed by atoms with Gasteiger partial charge in [-0.05, 0) is 19.1 Å². The number of ether oxygens (including phenoxy) is 1. The number of benzene rings is 1. The van der Waals surface area contributed by atoms with Gasteiger partial charge in [-0.25, -0.2) is 4.79 Å². The van der Waals surface area contributed by atoms with Crippen LogP contribution in [0.15, 0.2) is 24.3 Å². The van der Waals surface area contributed by atoms with Crippen LogP contribution in [0.25, 0.3) is 0 Å². The van der Waals surface area contributed by atoms with E-state index in [1.54, 1.807) is 37.3 Å². The van der Waals surface area contributed by atoms with Crippen molar-refractivity contribution >= 4 is 17.6 Å². The molecular formula is C12H12N2O3. The first-order chi connectivity index (χ1) is 8.19. The number of rotatable bonds is 4. The van der Waals surface area contributed by atoms with Crippen molar-refractivity contribution in [3.63, 3.8) is 0 Å². The first-order valence-electron chi connectivity index (χ1n) is 5.12. The number of carbonyl (C=O) groups excluding carboxylic acids is 2. The van der Waals surface area contributed by atoms with E-state index in [0.717, 1.165) is 0 Å². The number of hydrogen-bond donors (Lipinski definition) is 1. The van der Waals surface area contributed by atoms with Crippen molar-refractivity contribution in [2.75, 3.05) is 11.9 Å². The van der Waals surface area contributed by atoms with Crippen LogP contribution in [0.4, 0.5) is 10.5 Å². The zero-order valence-corrected chi connectivity index (χ0v) is 9.40. The minimum atomic E-state index is -0.621. The summed E-state index contributed by atoms with van der Waals surface area (Å²) in [6.45, 7) is 1.94. The minimum Gasteiger partial charge on any atom is -0.450 e. The molecule has 1 N–H and O–H groups in total. The van der Waals surface area contributed by atoms with E-state index in [1.807, 2.05) is 0 Å². The molecule has 0 heterocycles. The first-order valence-corrected chi connectivity index (χ1v) is 5.12. The van der Waals surface area contributed by atoms with Crippen molar-refractivity contribution in [3.05, 3.63) is 29.8 Å². The molecule has 0 saturated heterocycles. The highest BCUT2D eigenvalue weighted by atomic mass is 16.5. The molecule has 0 saturated carbocycles. The van der Waals surface area contributed by atoms with Gasteiger partial charge in [-0.15, -0.1) is 0 Å². The molecule has 5 nitrogen and oxygen atoms in total. The van der Waals surface area contributed by atoms with Gasteiger partial charge in [0, 0.05) is 5.56 Å². The van der Waals surface area contributed by atoms with Crippen molar-refractivity contribution < 1.29 is 14.3 Å². The summed E-state index contributed by atoms with van der Waals surface area (Å²) in [6.07, 6.45) is -0.841. The summed E-state index contributed by atoms with van der Waals surface area (Å²) >= 11 is 0. The number of hydrogen-bond acceptors (Lipinski definition) is 4. The monoisotopic (exact) mass is 232 g/mol. The van der Waals surface area contributed by atoms with Crippen molar-refractivity contribution in [2.45, 2.75) is 13.3 Å². The molecule has 0 radical (unpaired) electrons. The Labute approximate surface area is 99.0 Å². The van der Waals surface area contributed by atoms with Gasteiger partial charge >= 0.3 is 6.09 Å². The molecule has 1 amide bonds. The van der Waals surface area contributed by atoms with Crippen LogP contribution in [-0.4, -0.2) is 18.5 Å². The summed E-state index contributed by atoms with van der Waals surface area (Å²) in [6, 6.07) is 8.27. The maximum absolute atomic E-state index is 11.6. The van der Waals surface area contributed by atoms with Gasteiger partial charge in [-0.1, -0.05) is 12.1 Å². The smallest absolute Gasteiger partial charge is 0.411 e. The molecule has 1 aromatic carbocycles. The number of nitriles is 1. The summed E-state index contributed by atoms with van der Waals surface area (Å²) in [7, 11) is 0. The van der Waals surface area contributed by atoms with Crippen LogP contribution in [-0.2, 0) is 4.74 Å². The third-order valence-corrected chi connectivity index (χ3v) is 1.98. The van der Waals surface area contributed by atoms with Crippen LogP contribution in [0.5, 0.6) is 0 Å². The van der Waals surface area contributed by atoms with Gasteiger partial charge in [0.2, 0.25) is 0 Å². The Morgan fingerprint density at radius 2 is 2.12 bits per heavy atom. The molecule has 5 heteroatoms. The lowest BCUT2D eigenvalue weighted by Crippen LogP contribution is -2.15. The van der Waals surface area contributed by atoms with E-state index in [0.29, 0.717) is 11.3 Å². The number of nitrogens with one attached hydrogen (secondary N) is 1. The highest BCUT2D eigenvalue weighted by Crippen LogP contribution is 2.17. The second-order valence-corrected chi connectivity index (χ2v) is 3.15. The standard InChI is InChI=1S/C12H12N2O3/c1-2-17-12(16)14-10-6-4-3-5-9(10)11(15)7-8-13/h3-6H,2,7H2,1H3,(H,14,16). The van der Waals surface area contributed by atoms with E-state index in [2.05, 4.69) is 5.32 Å². The zero-order chi connectivity index (χ0) is 12.7. The van der Waals surface area contributed by atoms with Crippen molar-refractivity contribution in [2.24, 2.45) is 0 Å². The maximum atomic E-state index is 11.6. The number of nitrogens with zero attached hydrogens (tertiary/aromatic N) is 1. The lowest BCUT2D eigenvalue weighted by atomic mass is 10.1. The average Bonchev–Trinajstić information content (AvgIpc) is 2.30. The zero-order valence-electron chi connectivity index (χ0n) is 9.40. The predicted molar refractivity (Wildman–Crippen MR) is 61.6 cm³/mol. The molecule has 0 aliphatic rings. The van der Waals surface area contributed by atoms with E-state index in [1.165, 1.54) is 0 Å². The summed E-state index contributed by atoms with van der Waals surface area (Å²) in [5.74, 6) is -0.333. The molecule has 1 rings (SSSR count). The number of carbonyl (C=O) groups is 2. The van der Waals surface area contributed by atoms with Gasteiger partial charge in [0.1, 0.15) is 0 Å². The van der Waals surface area contributed by atoms with Crippen LogP contribution in [0.1, 0.15) is 23.7 Å². The quantitative estimate of drug-likeness (QED) is 0.808. The molecule has 17 heavy (non-hydrogen) atoms. The van der Waals surface area contributed by atoms with Gasteiger partial charge in [0.15, 0.2) is 5.78 Å². The Balaban J connectivity index is 2.89. The van der Waals surface area contributed by atoms with E-state index in [4.69, 9.17) is 10.00 Å². The highest BCUT2D eigenvalue weighted by Gasteiger charge is 2.12. The molecule has 0 aromatic heterocycles. The van der Waals surface area contributed by atoms with Gasteiger partial charge < -0.3 is 4.74 Å². The van der Waals surface area contributed by atoms with Crippen LogP contribution >= 0.6 is 0 Å². The highest BCUT2D eigenvalue weighted by molar-refractivity contribution is 6.04. The number of ketones is 1. The third kappa shape index (κ3) is 3.61. The van der Waals surface area contributed by atoms with Gasteiger partial charge in [0.25, 0.3) is 0 Å². The SMILES string of the molecule is CCOC(=O)Nc1ccccc1C(=O)CC#N.